The maximum absolute atomic E-state index is 13.4. The Labute approximate surface area is 168 Å². The zero-order valence-corrected chi connectivity index (χ0v) is 16.1. The zero-order valence-electron chi connectivity index (χ0n) is 16.1. The topological polar surface area (TPSA) is 67.9 Å². The molecule has 29 heavy (non-hydrogen) atoms. The predicted molar refractivity (Wildman–Crippen MR) is 110 cm³/mol. The fraction of sp³-hybridized carbons (Fsp3) is 0.130. The lowest BCUT2D eigenvalue weighted by Gasteiger charge is -2.38. The summed E-state index contributed by atoms with van der Waals surface area (Å²) in [6.45, 7) is 0. The minimum Gasteiger partial charge on any atom is -0.495 e. The standard InChI is InChI=1S/C23H20N2O4/c1-28-20-10-6-5-9-19(20)25-21(15-11-13-16(14-12-15)23(27)29-2)24-18-8-4-3-7-17(18)22(25)26/h3-14,21,24H,1-2H3/t21-/m0/s1. The molecule has 6 nitrogen and oxygen atoms in total. The molecular weight excluding hydrogens is 368 g/mol. The summed E-state index contributed by atoms with van der Waals surface area (Å²) < 4.78 is 10.3. The van der Waals surface area contributed by atoms with Crippen LogP contribution in [-0.4, -0.2) is 26.1 Å². The number of ether oxygens (including phenoxy) is 2. The first kappa shape index (κ1) is 18.6. The molecule has 1 atom stereocenters. The Kier molecular flexibility index (Phi) is 4.91. The second kappa shape index (κ2) is 7.67. The monoisotopic (exact) mass is 388 g/mol. The van der Waals surface area contributed by atoms with E-state index in [0.29, 0.717) is 22.6 Å². The number of carbonyl (C=O) groups is 2. The quantitative estimate of drug-likeness (QED) is 0.677. The number of esters is 1. The Bertz CT molecular complexity index is 1060. The molecule has 0 aliphatic carbocycles. The van der Waals surface area contributed by atoms with Gasteiger partial charge in [-0.15, -0.1) is 0 Å². The molecule has 1 amide bonds. The van der Waals surface area contributed by atoms with Crippen molar-refractivity contribution in [1.29, 1.82) is 0 Å². The molecule has 0 fully saturated rings. The number of carbonyl (C=O) groups excluding carboxylic acids is 2. The lowest BCUT2D eigenvalue weighted by Crippen LogP contribution is -2.43. The summed E-state index contributed by atoms with van der Waals surface area (Å²) in [6, 6.07) is 21.8. The Balaban J connectivity index is 1.83. The number of nitrogens with one attached hydrogen (secondary N) is 1. The van der Waals surface area contributed by atoms with Gasteiger partial charge in [-0.05, 0) is 42.0 Å². The van der Waals surface area contributed by atoms with Gasteiger partial charge in [0, 0.05) is 5.69 Å². The predicted octanol–water partition coefficient (Wildman–Crippen LogP) is 4.25. The molecule has 1 aliphatic rings. The van der Waals surface area contributed by atoms with E-state index in [9.17, 15) is 9.59 Å². The second-order valence-corrected chi connectivity index (χ2v) is 6.55. The van der Waals surface area contributed by atoms with Crippen LogP contribution in [0.25, 0.3) is 0 Å². The molecule has 1 heterocycles. The van der Waals surface area contributed by atoms with Crippen LogP contribution in [0.1, 0.15) is 32.4 Å². The fourth-order valence-electron chi connectivity index (χ4n) is 3.48. The maximum atomic E-state index is 13.4. The normalized spacial score (nSPS) is 15.3. The minimum atomic E-state index is -0.472. The first-order chi connectivity index (χ1) is 14.1. The first-order valence-corrected chi connectivity index (χ1v) is 9.14. The van der Waals surface area contributed by atoms with E-state index >= 15 is 0 Å². The lowest BCUT2D eigenvalue weighted by atomic mass is 10.0. The Hall–Kier alpha value is -3.80. The first-order valence-electron chi connectivity index (χ1n) is 9.14. The minimum absolute atomic E-state index is 0.133. The van der Waals surface area contributed by atoms with E-state index in [1.54, 1.807) is 30.2 Å². The van der Waals surface area contributed by atoms with Crippen molar-refractivity contribution in [3.8, 4) is 5.75 Å². The molecule has 0 radical (unpaired) electrons. The van der Waals surface area contributed by atoms with Crippen molar-refractivity contribution in [1.82, 2.24) is 0 Å². The van der Waals surface area contributed by atoms with E-state index in [1.807, 2.05) is 54.6 Å². The fourth-order valence-corrected chi connectivity index (χ4v) is 3.48. The van der Waals surface area contributed by atoms with Gasteiger partial charge in [0.25, 0.3) is 5.91 Å². The smallest absolute Gasteiger partial charge is 0.337 e. The number of benzene rings is 3. The van der Waals surface area contributed by atoms with Gasteiger partial charge in [-0.25, -0.2) is 4.79 Å². The molecule has 0 unspecified atom stereocenters. The average molecular weight is 388 g/mol. The number of nitrogens with zero attached hydrogens (tertiary/aromatic N) is 1. The molecule has 0 saturated carbocycles. The molecule has 6 heteroatoms. The highest BCUT2D eigenvalue weighted by molar-refractivity contribution is 6.12. The molecule has 3 aromatic rings. The molecule has 3 aromatic carbocycles. The Morgan fingerprint density at radius 2 is 1.62 bits per heavy atom. The number of fused-ring (bicyclic) bond motifs is 1. The second-order valence-electron chi connectivity index (χ2n) is 6.55. The van der Waals surface area contributed by atoms with Gasteiger partial charge < -0.3 is 14.8 Å². The third-order valence-corrected chi connectivity index (χ3v) is 4.92. The van der Waals surface area contributed by atoms with Crippen molar-refractivity contribution in [3.63, 3.8) is 0 Å². The van der Waals surface area contributed by atoms with Gasteiger partial charge >= 0.3 is 5.97 Å². The van der Waals surface area contributed by atoms with Gasteiger partial charge in [0.05, 0.1) is 31.0 Å². The van der Waals surface area contributed by atoms with E-state index in [4.69, 9.17) is 9.47 Å². The average Bonchev–Trinajstić information content (AvgIpc) is 2.78. The summed E-state index contributed by atoms with van der Waals surface area (Å²) in [7, 11) is 2.92. The summed E-state index contributed by atoms with van der Waals surface area (Å²) in [5.74, 6) is 0.0558. The Morgan fingerprint density at radius 1 is 0.931 bits per heavy atom. The van der Waals surface area contributed by atoms with Crippen LogP contribution in [0.5, 0.6) is 5.75 Å². The van der Waals surface area contributed by atoms with E-state index in [2.05, 4.69) is 5.32 Å². The van der Waals surface area contributed by atoms with Crippen LogP contribution < -0.4 is 15.0 Å². The van der Waals surface area contributed by atoms with Crippen LogP contribution in [0.2, 0.25) is 0 Å². The lowest BCUT2D eigenvalue weighted by molar-refractivity contribution is 0.0600. The van der Waals surface area contributed by atoms with Crippen molar-refractivity contribution in [2.24, 2.45) is 0 Å². The molecule has 146 valence electrons. The number of methoxy groups -OCH3 is 2. The van der Waals surface area contributed by atoms with Crippen LogP contribution in [0, 0.1) is 0 Å². The van der Waals surface area contributed by atoms with Crippen LogP contribution in [-0.2, 0) is 4.74 Å². The van der Waals surface area contributed by atoms with Gasteiger partial charge in [0.15, 0.2) is 0 Å². The summed E-state index contributed by atoms with van der Waals surface area (Å²) in [4.78, 5) is 26.9. The number of hydrogen-bond donors (Lipinski definition) is 1. The summed E-state index contributed by atoms with van der Waals surface area (Å²) >= 11 is 0. The third kappa shape index (κ3) is 3.29. The van der Waals surface area contributed by atoms with Crippen LogP contribution in [0.4, 0.5) is 11.4 Å². The Morgan fingerprint density at radius 3 is 2.34 bits per heavy atom. The number of anilines is 2. The number of amides is 1. The highest BCUT2D eigenvalue weighted by atomic mass is 16.5. The van der Waals surface area contributed by atoms with Gasteiger partial charge in [-0.1, -0.05) is 36.4 Å². The van der Waals surface area contributed by atoms with Gasteiger partial charge in [0.2, 0.25) is 0 Å². The number of rotatable bonds is 4. The molecule has 0 bridgehead atoms. The molecule has 0 spiro atoms. The van der Waals surface area contributed by atoms with E-state index in [0.717, 1.165) is 11.3 Å². The van der Waals surface area contributed by atoms with E-state index in [-0.39, 0.29) is 5.91 Å². The van der Waals surface area contributed by atoms with Crippen LogP contribution in [0.15, 0.2) is 72.8 Å². The maximum Gasteiger partial charge on any atom is 0.337 e. The summed E-state index contributed by atoms with van der Waals surface area (Å²) in [5.41, 5.74) is 3.27. The molecular formula is C23H20N2O4. The van der Waals surface area contributed by atoms with E-state index in [1.165, 1.54) is 7.11 Å². The van der Waals surface area contributed by atoms with Gasteiger partial charge in [-0.2, -0.15) is 0 Å². The van der Waals surface area contributed by atoms with Crippen molar-refractivity contribution in [2.75, 3.05) is 24.4 Å². The van der Waals surface area contributed by atoms with Crippen molar-refractivity contribution in [2.45, 2.75) is 6.17 Å². The third-order valence-electron chi connectivity index (χ3n) is 4.92. The highest BCUT2D eigenvalue weighted by Gasteiger charge is 2.35. The molecule has 0 aromatic heterocycles. The molecule has 0 saturated heterocycles. The molecule has 4 rings (SSSR count). The van der Waals surface area contributed by atoms with Crippen LogP contribution >= 0.6 is 0 Å². The highest BCUT2D eigenvalue weighted by Crippen LogP contribution is 2.40. The molecule has 1 aliphatic heterocycles. The molecule has 1 N–H and O–H groups in total. The van der Waals surface area contributed by atoms with Crippen molar-refractivity contribution >= 4 is 23.3 Å². The zero-order chi connectivity index (χ0) is 20.4. The SMILES string of the molecule is COC(=O)c1ccc([C@H]2Nc3ccccc3C(=O)N2c2ccccc2OC)cc1. The summed E-state index contributed by atoms with van der Waals surface area (Å²) in [6.07, 6.45) is -0.472. The van der Waals surface area contributed by atoms with E-state index < -0.39 is 12.1 Å². The van der Waals surface area contributed by atoms with Gasteiger partial charge in [-0.3, -0.25) is 9.69 Å². The van der Waals surface area contributed by atoms with Crippen LogP contribution in [0.3, 0.4) is 0 Å². The number of hydrogen-bond acceptors (Lipinski definition) is 5. The summed E-state index contributed by atoms with van der Waals surface area (Å²) in [5, 5.41) is 3.44. The van der Waals surface area contributed by atoms with Crippen molar-refractivity contribution < 1.29 is 19.1 Å². The van der Waals surface area contributed by atoms with Gasteiger partial charge in [0.1, 0.15) is 11.9 Å². The van der Waals surface area contributed by atoms with Crippen molar-refractivity contribution in [3.05, 3.63) is 89.5 Å². The number of para-hydroxylation sites is 3. The largest absolute Gasteiger partial charge is 0.495 e.